The zero-order valence-electron chi connectivity index (χ0n) is 15.4. The van der Waals surface area contributed by atoms with Crippen LogP contribution in [-0.4, -0.2) is 40.9 Å². The molecule has 0 saturated carbocycles. The number of carbonyl (C=O) groups excluding carboxylic acids is 1. The molecule has 4 nitrogen and oxygen atoms in total. The van der Waals surface area contributed by atoms with Crippen molar-refractivity contribution in [3.8, 4) is 0 Å². The monoisotopic (exact) mass is 392 g/mol. The van der Waals surface area contributed by atoms with E-state index in [0.29, 0.717) is 22.0 Å². The molecule has 1 N–H and O–H groups in total. The number of benzene rings is 2. The summed E-state index contributed by atoms with van der Waals surface area (Å²) in [6.45, 7) is 6.38. The molecule has 0 bridgehead atoms. The van der Waals surface area contributed by atoms with Crippen molar-refractivity contribution in [1.82, 2.24) is 10.2 Å². The van der Waals surface area contributed by atoms with Gasteiger partial charge in [-0.15, -0.1) is 0 Å². The van der Waals surface area contributed by atoms with Crippen molar-refractivity contribution in [2.45, 2.75) is 24.8 Å². The van der Waals surface area contributed by atoms with Crippen molar-refractivity contribution in [1.29, 1.82) is 0 Å². The minimum Gasteiger partial charge on any atom is -0.350 e. The van der Waals surface area contributed by atoms with Gasteiger partial charge >= 0.3 is 0 Å². The van der Waals surface area contributed by atoms with E-state index in [2.05, 4.69) is 24.1 Å². The maximum atomic E-state index is 12.5. The Labute approximate surface area is 163 Å². The first kappa shape index (κ1) is 20.6. The first-order chi connectivity index (χ1) is 12.5. The standard InChI is InChI=1S/C20H25ClN2O2S/c1-4-23(5-2)19(17-8-6-7-9-18(17)21)14-22-20(24)15-10-12-16(13-11-15)26(3)25/h6-13,19H,4-5,14H2,1-3H3,(H,22,24). The lowest BCUT2D eigenvalue weighted by molar-refractivity contribution is 0.0935. The molecular weight excluding hydrogens is 368 g/mol. The molecule has 0 heterocycles. The van der Waals surface area contributed by atoms with Gasteiger partial charge in [-0.25, -0.2) is 0 Å². The summed E-state index contributed by atoms with van der Waals surface area (Å²) in [6.07, 6.45) is 1.62. The van der Waals surface area contributed by atoms with Crippen LogP contribution in [0.1, 0.15) is 35.8 Å². The van der Waals surface area contributed by atoms with Gasteiger partial charge in [0.1, 0.15) is 0 Å². The molecule has 2 aromatic rings. The minimum absolute atomic E-state index is 0.00469. The number of hydrogen-bond donors (Lipinski definition) is 1. The molecule has 1 amide bonds. The molecule has 0 spiro atoms. The second-order valence-corrected chi connectivity index (χ2v) is 7.73. The van der Waals surface area contributed by atoms with E-state index in [0.717, 1.165) is 18.7 Å². The molecule has 2 aromatic carbocycles. The third-order valence-electron chi connectivity index (χ3n) is 4.42. The lowest BCUT2D eigenvalue weighted by Gasteiger charge is -2.31. The summed E-state index contributed by atoms with van der Waals surface area (Å²) < 4.78 is 11.5. The Morgan fingerprint density at radius 2 is 1.73 bits per heavy atom. The molecule has 2 rings (SSSR count). The molecule has 0 aromatic heterocycles. The first-order valence-electron chi connectivity index (χ1n) is 8.68. The molecule has 140 valence electrons. The van der Waals surface area contributed by atoms with Gasteiger partial charge < -0.3 is 5.32 Å². The Balaban J connectivity index is 2.14. The van der Waals surface area contributed by atoms with Crippen LogP contribution >= 0.6 is 11.6 Å². The predicted octanol–water partition coefficient (Wildman–Crippen LogP) is 3.89. The molecule has 6 heteroatoms. The fraction of sp³-hybridized carbons (Fsp3) is 0.350. The molecule has 26 heavy (non-hydrogen) atoms. The Bertz CT molecular complexity index is 761. The quantitative estimate of drug-likeness (QED) is 0.741. The molecule has 0 fully saturated rings. The SMILES string of the molecule is CCN(CC)C(CNC(=O)c1ccc(S(C)=O)cc1)c1ccccc1Cl. The molecule has 0 aliphatic heterocycles. The van der Waals surface area contributed by atoms with Crippen LogP contribution < -0.4 is 5.32 Å². The topological polar surface area (TPSA) is 49.4 Å². The molecule has 0 aliphatic carbocycles. The Morgan fingerprint density at radius 1 is 1.12 bits per heavy atom. The highest BCUT2D eigenvalue weighted by Crippen LogP contribution is 2.27. The van der Waals surface area contributed by atoms with E-state index in [1.54, 1.807) is 30.5 Å². The summed E-state index contributed by atoms with van der Waals surface area (Å²) in [6, 6.07) is 14.6. The molecule has 0 radical (unpaired) electrons. The van der Waals surface area contributed by atoms with Crippen molar-refractivity contribution < 1.29 is 9.00 Å². The molecule has 2 atom stereocenters. The van der Waals surface area contributed by atoms with E-state index in [1.807, 2.05) is 24.3 Å². The third-order valence-corrected chi connectivity index (χ3v) is 5.70. The number of nitrogens with zero attached hydrogens (tertiary/aromatic N) is 1. The highest BCUT2D eigenvalue weighted by atomic mass is 35.5. The summed E-state index contributed by atoms with van der Waals surface area (Å²) >= 11 is 6.39. The minimum atomic E-state index is -1.05. The number of rotatable bonds is 8. The van der Waals surface area contributed by atoms with Crippen molar-refractivity contribution >= 4 is 28.3 Å². The molecule has 0 saturated heterocycles. The summed E-state index contributed by atoms with van der Waals surface area (Å²) in [7, 11) is -1.05. The number of hydrogen-bond acceptors (Lipinski definition) is 3. The first-order valence-corrected chi connectivity index (χ1v) is 10.6. The maximum absolute atomic E-state index is 12.5. The van der Waals surface area contributed by atoms with E-state index in [1.165, 1.54) is 0 Å². The highest BCUT2D eigenvalue weighted by Gasteiger charge is 2.21. The van der Waals surface area contributed by atoms with Crippen LogP contribution in [0.4, 0.5) is 0 Å². The lowest BCUT2D eigenvalue weighted by atomic mass is 10.0. The van der Waals surface area contributed by atoms with Gasteiger partial charge in [-0.05, 0) is 49.0 Å². The number of likely N-dealkylation sites (N-methyl/N-ethyl adjacent to an activating group) is 1. The summed E-state index contributed by atoms with van der Waals surface area (Å²) in [5.74, 6) is -0.150. The van der Waals surface area contributed by atoms with Crippen LogP contribution in [0.3, 0.4) is 0 Å². The van der Waals surface area contributed by atoms with E-state index in [4.69, 9.17) is 11.6 Å². The van der Waals surface area contributed by atoms with E-state index >= 15 is 0 Å². The van der Waals surface area contributed by atoms with Gasteiger partial charge in [0.15, 0.2) is 0 Å². The molecule has 2 unspecified atom stereocenters. The Hall–Kier alpha value is -1.69. The van der Waals surface area contributed by atoms with Crippen LogP contribution in [0, 0.1) is 0 Å². The summed E-state index contributed by atoms with van der Waals surface area (Å²) in [5, 5.41) is 3.71. The number of amides is 1. The van der Waals surface area contributed by atoms with Crippen LogP contribution in [-0.2, 0) is 10.8 Å². The second kappa shape index (κ2) is 9.86. The van der Waals surface area contributed by atoms with Gasteiger partial charge in [0.05, 0.1) is 6.04 Å². The zero-order chi connectivity index (χ0) is 19.1. The van der Waals surface area contributed by atoms with E-state index < -0.39 is 10.8 Å². The summed E-state index contributed by atoms with van der Waals surface area (Å²) in [4.78, 5) is 15.5. The van der Waals surface area contributed by atoms with Crippen molar-refractivity contribution in [2.75, 3.05) is 25.9 Å². The number of carbonyl (C=O) groups is 1. The van der Waals surface area contributed by atoms with Gasteiger partial charge in [-0.3, -0.25) is 13.9 Å². The highest BCUT2D eigenvalue weighted by molar-refractivity contribution is 7.84. The largest absolute Gasteiger partial charge is 0.350 e. The average Bonchev–Trinajstić information content (AvgIpc) is 2.65. The molecule has 0 aliphatic rings. The van der Waals surface area contributed by atoms with Crippen molar-refractivity contribution in [3.05, 3.63) is 64.7 Å². The lowest BCUT2D eigenvalue weighted by Crippen LogP contribution is -2.38. The number of nitrogens with one attached hydrogen (secondary N) is 1. The smallest absolute Gasteiger partial charge is 0.251 e. The fourth-order valence-electron chi connectivity index (χ4n) is 2.93. The van der Waals surface area contributed by atoms with Crippen LogP contribution in [0.2, 0.25) is 5.02 Å². The van der Waals surface area contributed by atoms with E-state index in [-0.39, 0.29) is 11.9 Å². The van der Waals surface area contributed by atoms with Crippen LogP contribution in [0.15, 0.2) is 53.4 Å². The number of halogens is 1. The Morgan fingerprint density at radius 3 is 2.27 bits per heavy atom. The third kappa shape index (κ3) is 5.16. The average molecular weight is 393 g/mol. The van der Waals surface area contributed by atoms with Gasteiger partial charge in [-0.2, -0.15) is 0 Å². The normalized spacial score (nSPS) is 13.4. The zero-order valence-corrected chi connectivity index (χ0v) is 16.9. The predicted molar refractivity (Wildman–Crippen MR) is 108 cm³/mol. The van der Waals surface area contributed by atoms with Crippen molar-refractivity contribution in [3.63, 3.8) is 0 Å². The van der Waals surface area contributed by atoms with Gasteiger partial charge in [0.2, 0.25) is 0 Å². The van der Waals surface area contributed by atoms with E-state index in [9.17, 15) is 9.00 Å². The van der Waals surface area contributed by atoms with Gasteiger partial charge in [0.25, 0.3) is 5.91 Å². The Kier molecular flexibility index (Phi) is 7.82. The molecular formula is C20H25ClN2O2S. The summed E-state index contributed by atoms with van der Waals surface area (Å²) in [5.41, 5.74) is 1.56. The second-order valence-electron chi connectivity index (χ2n) is 5.95. The van der Waals surface area contributed by atoms with Crippen molar-refractivity contribution in [2.24, 2.45) is 0 Å². The van der Waals surface area contributed by atoms with Gasteiger partial charge in [0, 0.05) is 39.1 Å². The van der Waals surface area contributed by atoms with Crippen LogP contribution in [0.25, 0.3) is 0 Å². The maximum Gasteiger partial charge on any atom is 0.251 e. The fourth-order valence-corrected chi connectivity index (χ4v) is 3.72. The van der Waals surface area contributed by atoms with Crippen LogP contribution in [0.5, 0.6) is 0 Å². The van der Waals surface area contributed by atoms with Gasteiger partial charge in [-0.1, -0.05) is 43.6 Å².